The number of halogens is 2. The first-order valence-corrected chi connectivity index (χ1v) is 8.20. The Morgan fingerprint density at radius 1 is 1.30 bits per heavy atom. The Hall–Kier alpha value is -3.24. The fourth-order valence-corrected chi connectivity index (χ4v) is 2.89. The van der Waals surface area contributed by atoms with Crippen molar-refractivity contribution in [2.45, 2.75) is 26.0 Å². The maximum absolute atomic E-state index is 14.0. The molecule has 0 fully saturated rings. The number of anilines is 1. The second kappa shape index (κ2) is 6.82. The smallest absolute Gasteiger partial charge is 0.257 e. The molecule has 5 nitrogen and oxygen atoms in total. The van der Waals surface area contributed by atoms with Crippen LogP contribution in [0.3, 0.4) is 0 Å². The summed E-state index contributed by atoms with van der Waals surface area (Å²) in [4.78, 5) is 12.5. The van der Waals surface area contributed by atoms with Crippen molar-refractivity contribution in [1.29, 1.82) is 5.26 Å². The predicted octanol–water partition coefficient (Wildman–Crippen LogP) is 3.49. The highest BCUT2D eigenvalue weighted by atomic mass is 19.1. The Morgan fingerprint density at radius 2 is 2.04 bits per heavy atom. The SMILES string of the molecule is Cc1cc(NC(=O)[C@@](C)(O)Cn2cc(F)c3cc(F)ccc32)ccc1C#N. The van der Waals surface area contributed by atoms with Crippen molar-refractivity contribution in [3.63, 3.8) is 0 Å². The number of nitriles is 1. The van der Waals surface area contributed by atoms with Gasteiger partial charge in [-0.1, -0.05) is 0 Å². The average molecular weight is 369 g/mol. The van der Waals surface area contributed by atoms with Crippen molar-refractivity contribution < 1.29 is 18.7 Å². The van der Waals surface area contributed by atoms with Gasteiger partial charge in [0.2, 0.25) is 0 Å². The molecular weight excluding hydrogens is 352 g/mol. The number of aromatic nitrogens is 1. The third kappa shape index (κ3) is 3.66. The van der Waals surface area contributed by atoms with E-state index >= 15 is 0 Å². The van der Waals surface area contributed by atoms with E-state index in [4.69, 9.17) is 5.26 Å². The van der Waals surface area contributed by atoms with E-state index in [9.17, 15) is 18.7 Å². The molecule has 0 saturated carbocycles. The Bertz CT molecular complexity index is 1080. The maximum atomic E-state index is 14.0. The first kappa shape index (κ1) is 18.5. The fraction of sp³-hybridized carbons (Fsp3) is 0.200. The van der Waals surface area contributed by atoms with Crippen LogP contribution in [0.15, 0.2) is 42.6 Å². The van der Waals surface area contributed by atoms with Crippen molar-refractivity contribution in [2.75, 3.05) is 5.32 Å². The van der Waals surface area contributed by atoms with E-state index in [0.29, 0.717) is 22.3 Å². The van der Waals surface area contributed by atoms with E-state index in [0.717, 1.165) is 12.3 Å². The molecule has 0 bridgehead atoms. The van der Waals surface area contributed by atoms with Gasteiger partial charge in [-0.15, -0.1) is 0 Å². The molecule has 1 atom stereocenters. The highest BCUT2D eigenvalue weighted by Crippen LogP contribution is 2.24. The molecule has 1 amide bonds. The summed E-state index contributed by atoms with van der Waals surface area (Å²) in [5.74, 6) is -1.89. The average Bonchev–Trinajstić information content (AvgIpc) is 2.89. The summed E-state index contributed by atoms with van der Waals surface area (Å²) in [6.45, 7) is 2.83. The molecule has 0 aliphatic carbocycles. The number of carbonyl (C=O) groups excluding carboxylic acids is 1. The number of carbonyl (C=O) groups is 1. The van der Waals surface area contributed by atoms with Crippen LogP contribution >= 0.6 is 0 Å². The van der Waals surface area contributed by atoms with Crippen molar-refractivity contribution >= 4 is 22.5 Å². The zero-order valence-corrected chi connectivity index (χ0v) is 14.8. The Balaban J connectivity index is 1.83. The van der Waals surface area contributed by atoms with Crippen LogP contribution in [0.5, 0.6) is 0 Å². The summed E-state index contributed by atoms with van der Waals surface area (Å²) in [5.41, 5.74) is 0.129. The van der Waals surface area contributed by atoms with Gasteiger partial charge in [-0.25, -0.2) is 8.78 Å². The standard InChI is InChI=1S/C20H17F2N3O2/c1-12-7-15(5-3-13(12)9-23)24-19(26)20(2,27)11-25-10-17(22)16-8-14(21)4-6-18(16)25/h3-8,10,27H,11H2,1-2H3,(H,24,26)/t20-/m0/s1. The van der Waals surface area contributed by atoms with Gasteiger partial charge in [0.15, 0.2) is 5.60 Å². The van der Waals surface area contributed by atoms with Gasteiger partial charge in [0.25, 0.3) is 5.91 Å². The molecule has 2 N–H and O–H groups in total. The molecule has 0 aliphatic heterocycles. The van der Waals surface area contributed by atoms with Gasteiger partial charge in [-0.3, -0.25) is 4.79 Å². The largest absolute Gasteiger partial charge is 0.378 e. The lowest BCUT2D eigenvalue weighted by molar-refractivity contribution is -0.133. The summed E-state index contributed by atoms with van der Waals surface area (Å²) < 4.78 is 28.7. The lowest BCUT2D eigenvalue weighted by Crippen LogP contribution is -2.43. The Labute approximate surface area is 154 Å². The number of hydrogen-bond acceptors (Lipinski definition) is 3. The zero-order chi connectivity index (χ0) is 19.8. The van der Waals surface area contributed by atoms with E-state index in [1.54, 1.807) is 25.1 Å². The lowest BCUT2D eigenvalue weighted by atomic mass is 10.0. The van der Waals surface area contributed by atoms with Crippen LogP contribution in [-0.2, 0) is 11.3 Å². The lowest BCUT2D eigenvalue weighted by Gasteiger charge is -2.23. The number of benzene rings is 2. The molecule has 1 aromatic heterocycles. The van der Waals surface area contributed by atoms with Crippen molar-refractivity contribution in [3.8, 4) is 6.07 Å². The molecule has 2 aromatic carbocycles. The van der Waals surface area contributed by atoms with Gasteiger partial charge >= 0.3 is 0 Å². The van der Waals surface area contributed by atoms with E-state index in [-0.39, 0.29) is 11.9 Å². The van der Waals surface area contributed by atoms with E-state index in [2.05, 4.69) is 5.32 Å². The number of fused-ring (bicyclic) bond motifs is 1. The second-order valence-corrected chi connectivity index (χ2v) is 6.64. The van der Waals surface area contributed by atoms with Crippen LogP contribution in [-0.4, -0.2) is 21.2 Å². The van der Waals surface area contributed by atoms with Crippen LogP contribution < -0.4 is 5.32 Å². The number of amides is 1. The number of nitrogens with zero attached hydrogens (tertiary/aromatic N) is 2. The molecule has 7 heteroatoms. The number of hydrogen-bond donors (Lipinski definition) is 2. The topological polar surface area (TPSA) is 78.0 Å². The number of aliphatic hydroxyl groups is 1. The monoisotopic (exact) mass is 369 g/mol. The van der Waals surface area contributed by atoms with Crippen LogP contribution in [0.4, 0.5) is 14.5 Å². The quantitative estimate of drug-likeness (QED) is 0.739. The summed E-state index contributed by atoms with van der Waals surface area (Å²) in [6.07, 6.45) is 1.12. The molecular formula is C20H17F2N3O2. The first-order chi connectivity index (χ1) is 12.7. The third-order valence-electron chi connectivity index (χ3n) is 4.37. The van der Waals surface area contributed by atoms with E-state index < -0.39 is 23.1 Å². The van der Waals surface area contributed by atoms with E-state index in [1.807, 2.05) is 6.07 Å². The zero-order valence-electron chi connectivity index (χ0n) is 14.8. The molecule has 1 heterocycles. The predicted molar refractivity (Wildman–Crippen MR) is 97.0 cm³/mol. The Morgan fingerprint density at radius 3 is 2.70 bits per heavy atom. The molecule has 138 valence electrons. The number of aryl methyl sites for hydroxylation is 1. The number of rotatable bonds is 4. The second-order valence-electron chi connectivity index (χ2n) is 6.64. The molecule has 3 aromatic rings. The minimum absolute atomic E-state index is 0.0777. The van der Waals surface area contributed by atoms with Gasteiger partial charge < -0.3 is 15.0 Å². The molecule has 0 spiro atoms. The van der Waals surface area contributed by atoms with Crippen molar-refractivity contribution in [3.05, 3.63) is 65.4 Å². The molecule has 3 rings (SSSR count). The minimum Gasteiger partial charge on any atom is -0.378 e. The van der Waals surface area contributed by atoms with Gasteiger partial charge in [0, 0.05) is 17.3 Å². The van der Waals surface area contributed by atoms with Crippen LogP contribution in [0.2, 0.25) is 0 Å². The summed E-state index contributed by atoms with van der Waals surface area (Å²) >= 11 is 0. The van der Waals surface area contributed by atoms with Crippen molar-refractivity contribution in [2.24, 2.45) is 0 Å². The first-order valence-electron chi connectivity index (χ1n) is 8.20. The molecule has 27 heavy (non-hydrogen) atoms. The maximum Gasteiger partial charge on any atom is 0.257 e. The molecule has 0 aliphatic rings. The molecule has 0 radical (unpaired) electrons. The highest BCUT2D eigenvalue weighted by molar-refractivity contribution is 5.97. The van der Waals surface area contributed by atoms with Gasteiger partial charge in [0.05, 0.1) is 23.7 Å². The van der Waals surface area contributed by atoms with Crippen LogP contribution in [0.25, 0.3) is 10.9 Å². The molecule has 0 saturated heterocycles. The van der Waals surface area contributed by atoms with Gasteiger partial charge in [0.1, 0.15) is 11.6 Å². The van der Waals surface area contributed by atoms with Crippen LogP contribution in [0, 0.1) is 29.9 Å². The van der Waals surface area contributed by atoms with E-state index in [1.165, 1.54) is 23.6 Å². The van der Waals surface area contributed by atoms with Gasteiger partial charge in [-0.05, 0) is 55.8 Å². The fourth-order valence-electron chi connectivity index (χ4n) is 2.89. The Kier molecular flexibility index (Phi) is 4.68. The molecule has 0 unspecified atom stereocenters. The van der Waals surface area contributed by atoms with Crippen LogP contribution in [0.1, 0.15) is 18.1 Å². The normalized spacial score (nSPS) is 13.2. The van der Waals surface area contributed by atoms with Gasteiger partial charge in [-0.2, -0.15) is 5.26 Å². The number of nitrogens with one attached hydrogen (secondary N) is 1. The summed E-state index contributed by atoms with van der Waals surface area (Å²) in [5, 5.41) is 22.2. The van der Waals surface area contributed by atoms with Crippen molar-refractivity contribution in [1.82, 2.24) is 4.57 Å². The summed E-state index contributed by atoms with van der Waals surface area (Å²) in [7, 11) is 0. The minimum atomic E-state index is -1.85. The third-order valence-corrected chi connectivity index (χ3v) is 4.37. The highest BCUT2D eigenvalue weighted by Gasteiger charge is 2.32. The summed E-state index contributed by atoms with van der Waals surface area (Å²) in [6, 6.07) is 10.4.